The lowest BCUT2D eigenvalue weighted by Gasteiger charge is -2.12. The maximum Gasteiger partial charge on any atom is 0.269 e. The van der Waals surface area contributed by atoms with Gasteiger partial charge in [-0.2, -0.15) is 0 Å². The highest BCUT2D eigenvalue weighted by Gasteiger charge is 2.13. The molecule has 2 amide bonds. The molecule has 0 aliphatic rings. The molecule has 0 saturated heterocycles. The number of methoxy groups -OCH3 is 1. The summed E-state index contributed by atoms with van der Waals surface area (Å²) in [5, 5.41) is 2.45. The molecule has 2 aromatic carbocycles. The Bertz CT molecular complexity index is 853. The van der Waals surface area contributed by atoms with Gasteiger partial charge in [-0.1, -0.05) is 26.0 Å². The van der Waals surface area contributed by atoms with E-state index in [0.717, 1.165) is 6.42 Å². The van der Waals surface area contributed by atoms with Crippen molar-refractivity contribution < 1.29 is 19.1 Å². The fourth-order valence-electron chi connectivity index (χ4n) is 2.33. The number of carbonyl (C=O) groups excluding carboxylic acids is 2. The van der Waals surface area contributed by atoms with Crippen LogP contribution in [0.15, 0.2) is 48.5 Å². The van der Waals surface area contributed by atoms with Gasteiger partial charge >= 0.3 is 0 Å². The highest BCUT2D eigenvalue weighted by atomic mass is 32.1. The van der Waals surface area contributed by atoms with E-state index in [1.165, 1.54) is 7.11 Å². The number of amides is 2. The number of thiocarbonyl (C=S) groups is 1. The van der Waals surface area contributed by atoms with Crippen molar-refractivity contribution in [1.29, 1.82) is 0 Å². The van der Waals surface area contributed by atoms with Gasteiger partial charge < -0.3 is 9.47 Å². The number of carbonyl (C=O) groups is 2. The molecule has 2 aromatic rings. The van der Waals surface area contributed by atoms with E-state index in [0.29, 0.717) is 35.2 Å². The number of rotatable bonds is 7. The lowest BCUT2D eigenvalue weighted by atomic mass is 10.1. The Morgan fingerprint density at radius 1 is 1.00 bits per heavy atom. The third-order valence-electron chi connectivity index (χ3n) is 3.95. The Labute approximate surface area is 175 Å². The summed E-state index contributed by atoms with van der Waals surface area (Å²) in [6.45, 7) is 4.89. The second-order valence-corrected chi connectivity index (χ2v) is 7.03. The number of para-hydroxylation sites is 1. The van der Waals surface area contributed by atoms with Crippen LogP contribution in [0.4, 0.5) is 0 Å². The SMILES string of the molecule is COc1ccccc1C(=O)NC(=S)NNC(=O)c1ccc(OCCC(C)C)cc1. The molecule has 0 spiro atoms. The first-order valence-electron chi connectivity index (χ1n) is 9.18. The second-order valence-electron chi connectivity index (χ2n) is 6.62. The van der Waals surface area contributed by atoms with E-state index >= 15 is 0 Å². The van der Waals surface area contributed by atoms with Crippen molar-refractivity contribution in [3.05, 3.63) is 59.7 Å². The molecule has 0 aliphatic heterocycles. The lowest BCUT2D eigenvalue weighted by molar-refractivity contribution is 0.0934. The highest BCUT2D eigenvalue weighted by molar-refractivity contribution is 7.80. The van der Waals surface area contributed by atoms with Crippen LogP contribution in [0.1, 0.15) is 41.0 Å². The number of hydrazine groups is 1. The maximum absolute atomic E-state index is 12.3. The van der Waals surface area contributed by atoms with Gasteiger partial charge in [0.1, 0.15) is 11.5 Å². The first-order chi connectivity index (χ1) is 13.9. The molecule has 0 atom stereocenters. The van der Waals surface area contributed by atoms with E-state index in [9.17, 15) is 9.59 Å². The van der Waals surface area contributed by atoms with E-state index in [-0.39, 0.29) is 5.11 Å². The minimum atomic E-state index is -0.447. The standard InChI is InChI=1S/C21H25N3O4S/c1-14(2)12-13-28-16-10-8-15(9-11-16)19(25)23-24-21(29)22-20(26)17-6-4-5-7-18(17)27-3/h4-11,14H,12-13H2,1-3H3,(H,23,25)(H2,22,24,26,29). The van der Waals surface area contributed by atoms with Gasteiger partial charge in [-0.15, -0.1) is 0 Å². The molecule has 2 rings (SSSR count). The smallest absolute Gasteiger partial charge is 0.269 e. The number of hydrogen-bond donors (Lipinski definition) is 3. The van der Waals surface area contributed by atoms with Crippen LogP contribution in [0.25, 0.3) is 0 Å². The van der Waals surface area contributed by atoms with E-state index in [1.807, 2.05) is 0 Å². The van der Waals surface area contributed by atoms with Gasteiger partial charge in [-0.05, 0) is 61.0 Å². The van der Waals surface area contributed by atoms with Crippen LogP contribution in [0.2, 0.25) is 0 Å². The van der Waals surface area contributed by atoms with E-state index < -0.39 is 11.8 Å². The van der Waals surface area contributed by atoms with Crippen molar-refractivity contribution in [2.75, 3.05) is 13.7 Å². The number of hydrogen-bond acceptors (Lipinski definition) is 5. The summed E-state index contributed by atoms with van der Waals surface area (Å²) in [5.41, 5.74) is 5.71. The molecule has 0 bridgehead atoms. The number of benzene rings is 2. The fraction of sp³-hybridized carbons (Fsp3) is 0.286. The van der Waals surface area contributed by atoms with Crippen molar-refractivity contribution in [3.8, 4) is 11.5 Å². The van der Waals surface area contributed by atoms with Gasteiger partial charge in [0.25, 0.3) is 11.8 Å². The molecule has 0 saturated carbocycles. The first kappa shape index (κ1) is 22.2. The van der Waals surface area contributed by atoms with Crippen molar-refractivity contribution in [3.63, 3.8) is 0 Å². The highest BCUT2D eigenvalue weighted by Crippen LogP contribution is 2.16. The topological polar surface area (TPSA) is 88.7 Å². The predicted molar refractivity (Wildman–Crippen MR) is 115 cm³/mol. The molecule has 7 nitrogen and oxygen atoms in total. The molecule has 3 N–H and O–H groups in total. The molecule has 154 valence electrons. The average molecular weight is 416 g/mol. The predicted octanol–water partition coefficient (Wildman–Crippen LogP) is 3.07. The molecule has 0 fully saturated rings. The normalized spacial score (nSPS) is 10.2. The summed E-state index contributed by atoms with van der Waals surface area (Å²) in [6.07, 6.45) is 0.962. The molecule has 8 heteroatoms. The lowest BCUT2D eigenvalue weighted by Crippen LogP contribution is -2.48. The van der Waals surface area contributed by atoms with E-state index in [2.05, 4.69) is 30.0 Å². The van der Waals surface area contributed by atoms with E-state index in [4.69, 9.17) is 21.7 Å². The minimum absolute atomic E-state index is 0.0390. The van der Waals surface area contributed by atoms with Gasteiger partial charge in [0.15, 0.2) is 5.11 Å². The van der Waals surface area contributed by atoms with Crippen LogP contribution in [0.3, 0.4) is 0 Å². The Morgan fingerprint density at radius 2 is 1.69 bits per heavy atom. The van der Waals surface area contributed by atoms with Crippen LogP contribution < -0.4 is 25.6 Å². The van der Waals surface area contributed by atoms with Gasteiger partial charge in [-0.3, -0.25) is 25.8 Å². The third-order valence-corrected chi connectivity index (χ3v) is 4.15. The molecule has 0 aliphatic carbocycles. The van der Waals surface area contributed by atoms with Crippen molar-refractivity contribution in [2.24, 2.45) is 5.92 Å². The summed E-state index contributed by atoms with van der Waals surface area (Å²) < 4.78 is 10.8. The maximum atomic E-state index is 12.3. The molecule has 0 radical (unpaired) electrons. The zero-order valence-corrected chi connectivity index (χ0v) is 17.5. The number of nitrogens with one attached hydrogen (secondary N) is 3. The zero-order chi connectivity index (χ0) is 21.2. The summed E-state index contributed by atoms with van der Waals surface area (Å²) in [4.78, 5) is 24.5. The molecular formula is C21H25N3O4S. The van der Waals surface area contributed by atoms with Crippen LogP contribution in [0.5, 0.6) is 11.5 Å². The number of ether oxygens (including phenoxy) is 2. The average Bonchev–Trinajstić information content (AvgIpc) is 2.72. The van der Waals surface area contributed by atoms with Crippen molar-refractivity contribution >= 4 is 29.1 Å². The van der Waals surface area contributed by atoms with Crippen LogP contribution in [-0.4, -0.2) is 30.6 Å². The summed E-state index contributed by atoms with van der Waals surface area (Å²) in [7, 11) is 1.48. The quantitative estimate of drug-likeness (QED) is 0.476. The molecule has 0 heterocycles. The Hall–Kier alpha value is -3.13. The van der Waals surface area contributed by atoms with Gasteiger partial charge in [0.05, 0.1) is 19.3 Å². The van der Waals surface area contributed by atoms with Crippen LogP contribution in [0, 0.1) is 5.92 Å². The van der Waals surface area contributed by atoms with Crippen molar-refractivity contribution in [2.45, 2.75) is 20.3 Å². The first-order valence-corrected chi connectivity index (χ1v) is 9.59. The molecular weight excluding hydrogens is 390 g/mol. The summed E-state index contributed by atoms with van der Waals surface area (Å²) in [6, 6.07) is 13.5. The van der Waals surface area contributed by atoms with Crippen molar-refractivity contribution in [1.82, 2.24) is 16.2 Å². The monoisotopic (exact) mass is 415 g/mol. The second kappa shape index (κ2) is 11.0. The molecule has 0 unspecified atom stereocenters. The summed E-state index contributed by atoms with van der Waals surface area (Å²) in [5.74, 6) is 0.852. The summed E-state index contributed by atoms with van der Waals surface area (Å²) >= 11 is 5.05. The van der Waals surface area contributed by atoms with Gasteiger partial charge in [-0.25, -0.2) is 0 Å². The van der Waals surface area contributed by atoms with Gasteiger partial charge in [0.2, 0.25) is 0 Å². The Kier molecular flexibility index (Phi) is 8.42. The largest absolute Gasteiger partial charge is 0.496 e. The Morgan fingerprint density at radius 3 is 2.34 bits per heavy atom. The van der Waals surface area contributed by atoms with E-state index in [1.54, 1.807) is 48.5 Å². The Balaban J connectivity index is 1.82. The fourth-order valence-corrected chi connectivity index (χ4v) is 2.48. The van der Waals surface area contributed by atoms with Gasteiger partial charge in [0, 0.05) is 5.56 Å². The molecule has 29 heavy (non-hydrogen) atoms. The van der Waals surface area contributed by atoms with Crippen LogP contribution in [-0.2, 0) is 0 Å². The minimum Gasteiger partial charge on any atom is -0.496 e. The van der Waals surface area contributed by atoms with Crippen LogP contribution >= 0.6 is 12.2 Å². The molecule has 0 aromatic heterocycles. The zero-order valence-electron chi connectivity index (χ0n) is 16.7. The third kappa shape index (κ3) is 7.08.